The number of aliphatic imine (C=N–C) groups is 1. The van der Waals surface area contributed by atoms with Crippen LogP contribution in [0.15, 0.2) is 4.99 Å². The van der Waals surface area contributed by atoms with Gasteiger partial charge in [-0.25, -0.2) is 4.98 Å². The van der Waals surface area contributed by atoms with E-state index in [9.17, 15) is 0 Å². The van der Waals surface area contributed by atoms with E-state index < -0.39 is 0 Å². The van der Waals surface area contributed by atoms with Crippen LogP contribution in [0.1, 0.15) is 47.7 Å². The van der Waals surface area contributed by atoms with E-state index in [0.29, 0.717) is 5.41 Å². The predicted molar refractivity (Wildman–Crippen MR) is 104 cm³/mol. The molecule has 2 aliphatic rings. The molecule has 0 bridgehead atoms. The molecule has 0 aromatic carbocycles. The lowest BCUT2D eigenvalue weighted by molar-refractivity contribution is 0.309. The summed E-state index contributed by atoms with van der Waals surface area (Å²) in [6, 6.07) is 0. The molecule has 1 saturated carbocycles. The van der Waals surface area contributed by atoms with Crippen molar-refractivity contribution in [3.8, 4) is 0 Å². The molecule has 0 radical (unpaired) electrons. The number of guanidine groups is 1. The topological polar surface area (TPSA) is 40.5 Å². The van der Waals surface area contributed by atoms with Gasteiger partial charge < -0.3 is 10.2 Å². The molecule has 1 aliphatic heterocycles. The van der Waals surface area contributed by atoms with E-state index in [0.717, 1.165) is 29.8 Å². The fraction of sp³-hybridized carbons (Fsp3) is 0.750. The molecule has 0 amide bonds. The molecule has 4 nitrogen and oxygen atoms in total. The van der Waals surface area contributed by atoms with Crippen molar-refractivity contribution in [1.82, 2.24) is 15.2 Å². The van der Waals surface area contributed by atoms with Gasteiger partial charge in [0.05, 0.1) is 17.2 Å². The van der Waals surface area contributed by atoms with Crippen molar-refractivity contribution < 1.29 is 0 Å². The number of likely N-dealkylation sites (tertiary alicyclic amines) is 1. The van der Waals surface area contributed by atoms with Gasteiger partial charge in [-0.3, -0.25) is 4.99 Å². The van der Waals surface area contributed by atoms with Crippen molar-refractivity contribution in [3.05, 3.63) is 15.6 Å². The average Bonchev–Trinajstić information content (AvgIpc) is 3.15. The summed E-state index contributed by atoms with van der Waals surface area (Å²) in [6.45, 7) is 7.34. The van der Waals surface area contributed by atoms with E-state index in [1.165, 1.54) is 43.5 Å². The fourth-order valence-electron chi connectivity index (χ4n) is 3.88. The summed E-state index contributed by atoms with van der Waals surface area (Å²) in [5.74, 6) is 1.06. The van der Waals surface area contributed by atoms with Gasteiger partial charge in [-0.2, -0.15) is 0 Å². The summed E-state index contributed by atoms with van der Waals surface area (Å²) in [4.78, 5) is 12.8. The highest BCUT2D eigenvalue weighted by molar-refractivity contribution is 14.0. The number of rotatable bonds is 2. The lowest BCUT2D eigenvalue weighted by Crippen LogP contribution is -2.40. The first-order valence-electron chi connectivity index (χ1n) is 8.00. The van der Waals surface area contributed by atoms with Crippen LogP contribution in [0.3, 0.4) is 0 Å². The zero-order valence-corrected chi connectivity index (χ0v) is 17.0. The lowest BCUT2D eigenvalue weighted by atomic mass is 9.86. The third-order valence-corrected chi connectivity index (χ3v) is 6.09. The molecule has 3 rings (SSSR count). The molecule has 1 N–H and O–H groups in total. The van der Waals surface area contributed by atoms with Gasteiger partial charge >= 0.3 is 0 Å². The van der Waals surface area contributed by atoms with E-state index in [4.69, 9.17) is 0 Å². The molecule has 0 unspecified atom stereocenters. The maximum atomic E-state index is 4.50. The first-order valence-corrected chi connectivity index (χ1v) is 8.82. The van der Waals surface area contributed by atoms with Crippen LogP contribution in [-0.2, 0) is 6.54 Å². The van der Waals surface area contributed by atoms with Crippen molar-refractivity contribution in [1.29, 1.82) is 0 Å². The van der Waals surface area contributed by atoms with E-state index in [1.54, 1.807) is 11.3 Å². The van der Waals surface area contributed by atoms with Crippen LogP contribution in [0.5, 0.6) is 0 Å². The highest BCUT2D eigenvalue weighted by atomic mass is 127. The van der Waals surface area contributed by atoms with Crippen molar-refractivity contribution in [2.75, 3.05) is 20.1 Å². The Bertz CT molecular complexity index is 534. The van der Waals surface area contributed by atoms with Gasteiger partial charge in [0.2, 0.25) is 0 Å². The normalized spacial score (nSPS) is 20.5. The Morgan fingerprint density at radius 3 is 2.64 bits per heavy atom. The molecule has 0 atom stereocenters. The molecule has 2 heterocycles. The van der Waals surface area contributed by atoms with Gasteiger partial charge in [-0.05, 0) is 38.5 Å². The molecule has 1 aromatic heterocycles. The zero-order valence-electron chi connectivity index (χ0n) is 13.8. The standard InChI is InChI=1S/C16H26N4S.HI/c1-12-14(21-13(2)19-12)10-18-15(17-3)20-9-8-16(11-20)6-4-5-7-16;/h4-11H2,1-3H3,(H,17,18);1H. The molecule has 2 fully saturated rings. The van der Waals surface area contributed by atoms with Crippen LogP contribution in [0, 0.1) is 19.3 Å². The van der Waals surface area contributed by atoms with Crippen molar-refractivity contribution in [2.24, 2.45) is 10.4 Å². The number of nitrogens with zero attached hydrogens (tertiary/aromatic N) is 3. The summed E-state index contributed by atoms with van der Waals surface area (Å²) in [6.07, 6.45) is 6.99. The van der Waals surface area contributed by atoms with Crippen molar-refractivity contribution in [3.63, 3.8) is 0 Å². The summed E-state index contributed by atoms with van der Waals surface area (Å²) in [5.41, 5.74) is 1.74. The van der Waals surface area contributed by atoms with Crippen molar-refractivity contribution in [2.45, 2.75) is 52.5 Å². The van der Waals surface area contributed by atoms with Crippen LogP contribution in [0.25, 0.3) is 0 Å². The second kappa shape index (κ2) is 7.47. The van der Waals surface area contributed by atoms with Gasteiger partial charge in [0.25, 0.3) is 0 Å². The molecule has 1 aromatic rings. The van der Waals surface area contributed by atoms with Crippen LogP contribution in [0.4, 0.5) is 0 Å². The van der Waals surface area contributed by atoms with E-state index >= 15 is 0 Å². The largest absolute Gasteiger partial charge is 0.351 e. The molecule has 1 spiro atoms. The molecular formula is C16H27IN4S. The Hall–Kier alpha value is -0.370. The van der Waals surface area contributed by atoms with Crippen LogP contribution >= 0.6 is 35.3 Å². The van der Waals surface area contributed by atoms with E-state index in [-0.39, 0.29) is 24.0 Å². The highest BCUT2D eigenvalue weighted by Gasteiger charge is 2.41. The monoisotopic (exact) mass is 434 g/mol. The van der Waals surface area contributed by atoms with Crippen molar-refractivity contribution >= 4 is 41.3 Å². The molecule has 1 saturated heterocycles. The maximum absolute atomic E-state index is 4.50. The highest BCUT2D eigenvalue weighted by Crippen LogP contribution is 2.45. The van der Waals surface area contributed by atoms with Gasteiger partial charge in [0.1, 0.15) is 0 Å². The number of aromatic nitrogens is 1. The molecule has 6 heteroatoms. The maximum Gasteiger partial charge on any atom is 0.193 e. The Labute approximate surface area is 154 Å². The quantitative estimate of drug-likeness (QED) is 0.438. The van der Waals surface area contributed by atoms with Gasteiger partial charge in [0, 0.05) is 25.0 Å². The number of nitrogens with one attached hydrogen (secondary N) is 1. The number of hydrogen-bond acceptors (Lipinski definition) is 3. The fourth-order valence-corrected chi connectivity index (χ4v) is 4.75. The lowest BCUT2D eigenvalue weighted by Gasteiger charge is -2.25. The first kappa shape index (κ1) is 18.0. The summed E-state index contributed by atoms with van der Waals surface area (Å²) in [5, 5.41) is 4.68. The third-order valence-electron chi connectivity index (χ3n) is 5.02. The van der Waals surface area contributed by atoms with Gasteiger partial charge in [-0.1, -0.05) is 12.8 Å². The molecule has 124 valence electrons. The number of hydrogen-bond donors (Lipinski definition) is 1. The summed E-state index contributed by atoms with van der Waals surface area (Å²) in [7, 11) is 1.90. The van der Waals surface area contributed by atoms with E-state index in [1.807, 2.05) is 7.05 Å². The van der Waals surface area contributed by atoms with Gasteiger partial charge in [-0.15, -0.1) is 35.3 Å². The number of aryl methyl sites for hydroxylation is 2. The zero-order chi connectivity index (χ0) is 14.9. The minimum atomic E-state index is 0. The second-order valence-corrected chi connectivity index (χ2v) is 7.81. The Balaban J connectivity index is 0.00000176. The minimum Gasteiger partial charge on any atom is -0.351 e. The molecule has 1 aliphatic carbocycles. The van der Waals surface area contributed by atoms with Gasteiger partial charge in [0.15, 0.2) is 5.96 Å². The SMILES string of the molecule is CN=C(NCc1sc(C)nc1C)N1CCC2(CCCC2)C1.I. The Morgan fingerprint density at radius 2 is 2.05 bits per heavy atom. The number of halogens is 1. The summed E-state index contributed by atoms with van der Waals surface area (Å²) >= 11 is 1.78. The Morgan fingerprint density at radius 1 is 1.32 bits per heavy atom. The van der Waals surface area contributed by atoms with Crippen LogP contribution in [0.2, 0.25) is 0 Å². The Kier molecular flexibility index (Phi) is 6.10. The molecular weight excluding hydrogens is 407 g/mol. The predicted octanol–water partition coefficient (Wildman–Crippen LogP) is 3.72. The average molecular weight is 434 g/mol. The van der Waals surface area contributed by atoms with Crippen LogP contribution in [-0.4, -0.2) is 36.0 Å². The number of thiazole rings is 1. The molecule has 22 heavy (non-hydrogen) atoms. The van der Waals surface area contributed by atoms with Crippen LogP contribution < -0.4 is 5.32 Å². The minimum absolute atomic E-state index is 0. The second-order valence-electron chi connectivity index (χ2n) is 6.52. The first-order chi connectivity index (χ1) is 10.1. The van der Waals surface area contributed by atoms with E-state index in [2.05, 4.69) is 34.0 Å². The smallest absolute Gasteiger partial charge is 0.193 e. The third kappa shape index (κ3) is 3.75. The summed E-state index contributed by atoms with van der Waals surface area (Å²) < 4.78 is 0.